The molecule has 3 aliphatic rings. The van der Waals surface area contributed by atoms with Crippen LogP contribution in [0.2, 0.25) is 0 Å². The lowest BCUT2D eigenvalue weighted by Crippen LogP contribution is -2.15. The molecule has 3 fully saturated rings. The average Bonchev–Trinajstić information content (AvgIpc) is 3.32. The molecule has 0 bridgehead atoms. The van der Waals surface area contributed by atoms with Crippen molar-refractivity contribution in [2.75, 3.05) is 12.4 Å². The third kappa shape index (κ3) is 2.72. The van der Waals surface area contributed by atoms with Crippen molar-refractivity contribution in [2.45, 2.75) is 30.0 Å². The van der Waals surface area contributed by atoms with Crippen molar-refractivity contribution in [1.29, 1.82) is 0 Å². The first-order chi connectivity index (χ1) is 11.0. The largest absolute Gasteiger partial charge is 0.497 e. The van der Waals surface area contributed by atoms with Crippen molar-refractivity contribution in [3.8, 4) is 5.75 Å². The van der Waals surface area contributed by atoms with E-state index < -0.39 is 4.33 Å². The van der Waals surface area contributed by atoms with Crippen LogP contribution < -0.4 is 10.1 Å². The Bertz CT molecular complexity index is 611. The number of benzene rings is 1. The highest BCUT2D eigenvalue weighted by molar-refractivity contribution is 6.51. The second-order valence-electron chi connectivity index (χ2n) is 7.12. The van der Waals surface area contributed by atoms with Gasteiger partial charge in [0.2, 0.25) is 5.91 Å². The molecular weight excluding hydrogens is 333 g/mol. The minimum absolute atomic E-state index is 0.145. The molecule has 0 saturated heterocycles. The van der Waals surface area contributed by atoms with E-state index in [-0.39, 0.29) is 11.8 Å². The van der Waals surface area contributed by atoms with Crippen LogP contribution in [-0.4, -0.2) is 17.4 Å². The average molecular weight is 354 g/mol. The summed E-state index contributed by atoms with van der Waals surface area (Å²) in [6.07, 6.45) is 4.26. The maximum absolute atomic E-state index is 12.6. The van der Waals surface area contributed by atoms with Gasteiger partial charge in [-0.3, -0.25) is 4.79 Å². The molecule has 0 spiro atoms. The van der Waals surface area contributed by atoms with Crippen LogP contribution in [0.3, 0.4) is 0 Å². The van der Waals surface area contributed by atoms with Crippen LogP contribution >= 0.6 is 23.2 Å². The van der Waals surface area contributed by atoms with E-state index in [4.69, 9.17) is 27.9 Å². The first-order valence-corrected chi connectivity index (χ1v) is 9.10. The maximum Gasteiger partial charge on any atom is 0.228 e. The summed E-state index contributed by atoms with van der Waals surface area (Å²) in [7, 11) is 1.63. The van der Waals surface area contributed by atoms with Gasteiger partial charge in [-0.05, 0) is 61.5 Å². The van der Waals surface area contributed by atoms with Gasteiger partial charge in [0.05, 0.1) is 7.11 Å². The highest BCUT2D eigenvalue weighted by Gasteiger charge is 2.65. The van der Waals surface area contributed by atoms with Crippen molar-refractivity contribution >= 4 is 34.8 Å². The Hall–Kier alpha value is -0.930. The van der Waals surface area contributed by atoms with Crippen LogP contribution in [-0.2, 0) is 4.79 Å². The van der Waals surface area contributed by atoms with Gasteiger partial charge < -0.3 is 10.1 Å². The molecular formula is C18H21Cl2NO2. The van der Waals surface area contributed by atoms with Crippen molar-refractivity contribution in [3.05, 3.63) is 24.3 Å². The molecule has 4 atom stereocenters. The fraction of sp³-hybridized carbons (Fsp3) is 0.611. The van der Waals surface area contributed by atoms with Gasteiger partial charge in [-0.15, -0.1) is 23.2 Å². The molecule has 3 nitrogen and oxygen atoms in total. The normalized spacial score (nSPS) is 36.7. The zero-order chi connectivity index (χ0) is 16.2. The summed E-state index contributed by atoms with van der Waals surface area (Å²) in [5.74, 6) is 2.94. The van der Waals surface area contributed by atoms with E-state index in [0.717, 1.165) is 37.1 Å². The minimum atomic E-state index is -0.491. The number of carbonyl (C=O) groups excluding carboxylic acids is 1. The molecule has 23 heavy (non-hydrogen) atoms. The third-order valence-corrected chi connectivity index (χ3v) is 7.08. The van der Waals surface area contributed by atoms with Gasteiger partial charge in [-0.25, -0.2) is 0 Å². The number of anilines is 1. The fourth-order valence-corrected chi connectivity index (χ4v) is 5.46. The number of rotatable bonds is 3. The summed E-state index contributed by atoms with van der Waals surface area (Å²) in [5, 5.41) is 3.04. The monoisotopic (exact) mass is 353 g/mol. The molecule has 1 amide bonds. The van der Waals surface area contributed by atoms with Gasteiger partial charge in [0, 0.05) is 17.7 Å². The highest BCUT2D eigenvalue weighted by Crippen LogP contribution is 2.67. The highest BCUT2D eigenvalue weighted by atomic mass is 35.5. The smallest absolute Gasteiger partial charge is 0.228 e. The molecule has 1 aromatic carbocycles. The summed E-state index contributed by atoms with van der Waals surface area (Å²) in [4.78, 5) is 12.6. The van der Waals surface area contributed by atoms with E-state index in [9.17, 15) is 4.79 Å². The zero-order valence-corrected chi connectivity index (χ0v) is 14.6. The number of fused-ring (bicyclic) bond motifs is 2. The molecule has 1 N–H and O–H groups in total. The van der Waals surface area contributed by atoms with Crippen LogP contribution in [0.4, 0.5) is 5.69 Å². The summed E-state index contributed by atoms with van der Waals surface area (Å²) in [6, 6.07) is 7.51. The summed E-state index contributed by atoms with van der Waals surface area (Å²) >= 11 is 12.7. The Kier molecular flexibility index (Phi) is 3.77. The number of methoxy groups -OCH3 is 1. The van der Waals surface area contributed by atoms with Gasteiger partial charge in [0.1, 0.15) is 10.1 Å². The number of alkyl halides is 2. The van der Waals surface area contributed by atoms with E-state index in [2.05, 4.69) is 5.32 Å². The SMILES string of the molecule is COc1cccc(NC(=O)C2[C@H]3CC[C@@H]4[C@@H](CC[C@H]23)C4(Cl)Cl)c1. The van der Waals surface area contributed by atoms with E-state index in [1.807, 2.05) is 24.3 Å². The predicted molar refractivity (Wildman–Crippen MR) is 92.0 cm³/mol. The Morgan fingerprint density at radius 3 is 2.43 bits per heavy atom. The molecule has 1 aromatic rings. The first-order valence-electron chi connectivity index (χ1n) is 8.35. The van der Waals surface area contributed by atoms with E-state index in [1.165, 1.54) is 0 Å². The molecule has 0 radical (unpaired) electrons. The molecule has 5 heteroatoms. The number of carbonyl (C=O) groups is 1. The Balaban J connectivity index is 1.38. The molecule has 4 rings (SSSR count). The lowest BCUT2D eigenvalue weighted by atomic mass is 10.0. The molecule has 3 saturated carbocycles. The number of hydrogen-bond acceptors (Lipinski definition) is 2. The molecule has 0 heterocycles. The van der Waals surface area contributed by atoms with Crippen molar-refractivity contribution in [2.24, 2.45) is 29.6 Å². The standard InChI is InChI=1S/C18H21Cl2NO2/c1-23-11-4-2-3-10(9-11)21-17(22)16-12-5-7-14-15(18(14,19)20)8-6-13(12)16/h2-4,9,12-16H,5-8H2,1H3,(H,21,22)/t12-,13-,14+,15+/m0/s1. The predicted octanol–water partition coefficient (Wildman–Crippen LogP) is 4.49. The maximum atomic E-state index is 12.6. The first kappa shape index (κ1) is 15.6. The van der Waals surface area contributed by atoms with E-state index >= 15 is 0 Å². The Morgan fingerprint density at radius 1 is 1.17 bits per heavy atom. The van der Waals surface area contributed by atoms with Crippen LogP contribution in [0.25, 0.3) is 0 Å². The molecule has 124 valence electrons. The quantitative estimate of drug-likeness (QED) is 0.813. The van der Waals surface area contributed by atoms with Gasteiger partial charge in [0.25, 0.3) is 0 Å². The van der Waals surface area contributed by atoms with E-state index in [1.54, 1.807) is 7.11 Å². The number of nitrogens with one attached hydrogen (secondary N) is 1. The second-order valence-corrected chi connectivity index (χ2v) is 8.56. The summed E-state index contributed by atoms with van der Waals surface area (Å²) < 4.78 is 4.71. The van der Waals surface area contributed by atoms with Gasteiger partial charge in [-0.2, -0.15) is 0 Å². The lowest BCUT2D eigenvalue weighted by Gasteiger charge is -2.07. The molecule has 0 unspecified atom stereocenters. The third-order valence-electron chi connectivity index (χ3n) is 5.96. The lowest BCUT2D eigenvalue weighted by molar-refractivity contribution is -0.117. The van der Waals surface area contributed by atoms with Gasteiger partial charge in [-0.1, -0.05) is 6.07 Å². The van der Waals surface area contributed by atoms with Gasteiger partial charge in [0.15, 0.2) is 0 Å². The number of ether oxygens (including phenoxy) is 1. The van der Waals surface area contributed by atoms with Crippen LogP contribution in [0.1, 0.15) is 25.7 Å². The second kappa shape index (κ2) is 5.56. The number of hydrogen-bond donors (Lipinski definition) is 1. The Labute approximate surface area is 146 Å². The van der Waals surface area contributed by atoms with Gasteiger partial charge >= 0.3 is 0 Å². The Morgan fingerprint density at radius 2 is 1.83 bits per heavy atom. The fourth-order valence-electron chi connectivity index (χ4n) is 4.54. The molecule has 3 aliphatic carbocycles. The summed E-state index contributed by atoms with van der Waals surface area (Å²) in [6.45, 7) is 0. The van der Waals surface area contributed by atoms with Crippen molar-refractivity contribution in [3.63, 3.8) is 0 Å². The van der Waals surface area contributed by atoms with Crippen LogP contribution in [0, 0.1) is 29.6 Å². The van der Waals surface area contributed by atoms with Crippen LogP contribution in [0.15, 0.2) is 24.3 Å². The number of amides is 1. The van der Waals surface area contributed by atoms with Crippen molar-refractivity contribution < 1.29 is 9.53 Å². The summed E-state index contributed by atoms with van der Waals surface area (Å²) in [5.41, 5.74) is 0.803. The molecule has 0 aromatic heterocycles. The zero-order valence-electron chi connectivity index (χ0n) is 13.1. The van der Waals surface area contributed by atoms with E-state index in [0.29, 0.717) is 23.7 Å². The van der Waals surface area contributed by atoms with Crippen molar-refractivity contribution in [1.82, 2.24) is 0 Å². The minimum Gasteiger partial charge on any atom is -0.497 e. The number of halogens is 2. The van der Waals surface area contributed by atoms with Crippen LogP contribution in [0.5, 0.6) is 5.75 Å². The molecule has 0 aliphatic heterocycles. The topological polar surface area (TPSA) is 38.3 Å².